The summed E-state index contributed by atoms with van der Waals surface area (Å²) in [4.78, 5) is 20.6. The lowest BCUT2D eigenvalue weighted by Crippen LogP contribution is -2.18. The predicted molar refractivity (Wildman–Crippen MR) is 86.5 cm³/mol. The summed E-state index contributed by atoms with van der Waals surface area (Å²) in [5.41, 5.74) is 1.94. The molecule has 22 heavy (non-hydrogen) atoms. The van der Waals surface area contributed by atoms with Crippen molar-refractivity contribution in [1.29, 1.82) is 0 Å². The maximum Gasteiger partial charge on any atom is 0.274 e. The van der Waals surface area contributed by atoms with Crippen LogP contribution in [0.25, 0.3) is 0 Å². The standard InChI is InChI=1S/C16H20N4O2/c1-10(2)18-16-17-8-7-12(20-16)15(21)19-13-9-11(3)5-6-14(13)22-4/h5-10H,1-4H3,(H,19,21)(H,17,18,20). The van der Waals surface area contributed by atoms with E-state index >= 15 is 0 Å². The molecule has 0 spiro atoms. The molecule has 0 aliphatic carbocycles. The molecule has 0 radical (unpaired) electrons. The van der Waals surface area contributed by atoms with E-state index in [1.807, 2.05) is 39.0 Å². The maximum atomic E-state index is 12.3. The number of benzene rings is 1. The van der Waals surface area contributed by atoms with Crippen LogP contribution in [0.3, 0.4) is 0 Å². The first kappa shape index (κ1) is 15.8. The summed E-state index contributed by atoms with van der Waals surface area (Å²) in [6.45, 7) is 5.91. The van der Waals surface area contributed by atoms with Crippen LogP contribution in [-0.2, 0) is 0 Å². The number of aryl methyl sites for hydroxylation is 1. The molecule has 1 aromatic heterocycles. The Morgan fingerprint density at radius 2 is 2.05 bits per heavy atom. The summed E-state index contributed by atoms with van der Waals surface area (Å²) in [5, 5.41) is 5.89. The van der Waals surface area contributed by atoms with Gasteiger partial charge in [0.25, 0.3) is 5.91 Å². The Morgan fingerprint density at radius 1 is 1.27 bits per heavy atom. The quantitative estimate of drug-likeness (QED) is 0.888. The van der Waals surface area contributed by atoms with E-state index in [0.717, 1.165) is 5.56 Å². The highest BCUT2D eigenvalue weighted by Gasteiger charge is 2.12. The summed E-state index contributed by atoms with van der Waals surface area (Å²) in [7, 11) is 1.57. The number of amides is 1. The van der Waals surface area contributed by atoms with Crippen molar-refractivity contribution in [3.8, 4) is 5.75 Å². The SMILES string of the molecule is COc1ccc(C)cc1NC(=O)c1ccnc(NC(C)C)n1. The number of hydrogen-bond donors (Lipinski definition) is 2. The van der Waals surface area contributed by atoms with E-state index in [2.05, 4.69) is 20.6 Å². The van der Waals surface area contributed by atoms with Crippen LogP contribution in [0.2, 0.25) is 0 Å². The zero-order chi connectivity index (χ0) is 16.1. The molecule has 6 heteroatoms. The van der Waals surface area contributed by atoms with Crippen LogP contribution in [0.4, 0.5) is 11.6 Å². The minimum Gasteiger partial charge on any atom is -0.495 e. The minimum absolute atomic E-state index is 0.190. The third kappa shape index (κ3) is 3.94. The molecular weight excluding hydrogens is 280 g/mol. The molecule has 2 aromatic rings. The number of nitrogens with one attached hydrogen (secondary N) is 2. The van der Waals surface area contributed by atoms with Crippen molar-refractivity contribution in [1.82, 2.24) is 9.97 Å². The highest BCUT2D eigenvalue weighted by Crippen LogP contribution is 2.25. The molecule has 116 valence electrons. The Labute approximate surface area is 129 Å². The Hall–Kier alpha value is -2.63. The van der Waals surface area contributed by atoms with Crippen molar-refractivity contribution in [2.75, 3.05) is 17.7 Å². The number of carbonyl (C=O) groups is 1. The van der Waals surface area contributed by atoms with Gasteiger partial charge in [-0.15, -0.1) is 0 Å². The Balaban J connectivity index is 2.20. The van der Waals surface area contributed by atoms with E-state index in [1.54, 1.807) is 19.4 Å². The Kier molecular flexibility index (Phi) is 4.93. The van der Waals surface area contributed by atoms with Crippen LogP contribution in [0.1, 0.15) is 29.9 Å². The van der Waals surface area contributed by atoms with Crippen molar-refractivity contribution >= 4 is 17.5 Å². The number of rotatable bonds is 5. The largest absolute Gasteiger partial charge is 0.495 e. The van der Waals surface area contributed by atoms with Crippen LogP contribution in [0.15, 0.2) is 30.5 Å². The van der Waals surface area contributed by atoms with Crippen LogP contribution in [0, 0.1) is 6.92 Å². The fourth-order valence-corrected chi connectivity index (χ4v) is 1.92. The number of anilines is 2. The number of ether oxygens (including phenoxy) is 1. The average molecular weight is 300 g/mol. The second-order valence-corrected chi connectivity index (χ2v) is 5.22. The van der Waals surface area contributed by atoms with E-state index in [-0.39, 0.29) is 11.9 Å². The topological polar surface area (TPSA) is 76.1 Å². The minimum atomic E-state index is -0.307. The normalized spacial score (nSPS) is 10.4. The summed E-state index contributed by atoms with van der Waals surface area (Å²) >= 11 is 0. The number of methoxy groups -OCH3 is 1. The van der Waals surface area contributed by atoms with Gasteiger partial charge in [-0.3, -0.25) is 4.79 Å². The summed E-state index contributed by atoms with van der Waals surface area (Å²) in [5.74, 6) is 0.727. The fourth-order valence-electron chi connectivity index (χ4n) is 1.92. The zero-order valence-corrected chi connectivity index (χ0v) is 13.2. The lowest BCUT2D eigenvalue weighted by atomic mass is 10.2. The molecule has 0 aliphatic rings. The molecule has 6 nitrogen and oxygen atoms in total. The van der Waals surface area contributed by atoms with E-state index in [0.29, 0.717) is 23.1 Å². The van der Waals surface area contributed by atoms with Gasteiger partial charge in [0.05, 0.1) is 12.8 Å². The van der Waals surface area contributed by atoms with Gasteiger partial charge in [0.2, 0.25) is 5.95 Å². The van der Waals surface area contributed by atoms with Gasteiger partial charge in [-0.2, -0.15) is 0 Å². The molecule has 0 aliphatic heterocycles. The first-order valence-electron chi connectivity index (χ1n) is 7.05. The molecule has 2 rings (SSSR count). The van der Waals surface area contributed by atoms with Gasteiger partial charge in [-0.1, -0.05) is 6.07 Å². The van der Waals surface area contributed by atoms with Crippen LogP contribution in [0.5, 0.6) is 5.75 Å². The predicted octanol–water partition coefficient (Wildman–Crippen LogP) is 2.87. The van der Waals surface area contributed by atoms with Crippen molar-refractivity contribution in [3.05, 3.63) is 41.7 Å². The molecular formula is C16H20N4O2. The van der Waals surface area contributed by atoms with Crippen LogP contribution in [-0.4, -0.2) is 29.0 Å². The van der Waals surface area contributed by atoms with Gasteiger partial charge < -0.3 is 15.4 Å². The Morgan fingerprint density at radius 3 is 2.73 bits per heavy atom. The van der Waals surface area contributed by atoms with Crippen LogP contribution < -0.4 is 15.4 Å². The lowest BCUT2D eigenvalue weighted by molar-refractivity contribution is 0.102. The van der Waals surface area contributed by atoms with Gasteiger partial charge in [0.1, 0.15) is 11.4 Å². The zero-order valence-electron chi connectivity index (χ0n) is 13.2. The smallest absolute Gasteiger partial charge is 0.274 e. The first-order valence-corrected chi connectivity index (χ1v) is 7.05. The fraction of sp³-hybridized carbons (Fsp3) is 0.312. The number of nitrogens with zero attached hydrogens (tertiary/aromatic N) is 2. The van der Waals surface area contributed by atoms with Crippen molar-refractivity contribution in [3.63, 3.8) is 0 Å². The molecule has 0 bridgehead atoms. The molecule has 1 aromatic carbocycles. The highest BCUT2D eigenvalue weighted by molar-refractivity contribution is 6.03. The van der Waals surface area contributed by atoms with Gasteiger partial charge in [-0.25, -0.2) is 9.97 Å². The average Bonchev–Trinajstić information content (AvgIpc) is 2.47. The molecule has 2 N–H and O–H groups in total. The van der Waals surface area contributed by atoms with Crippen molar-refractivity contribution < 1.29 is 9.53 Å². The monoisotopic (exact) mass is 300 g/mol. The molecule has 0 unspecified atom stereocenters. The first-order chi connectivity index (χ1) is 10.5. The highest BCUT2D eigenvalue weighted by atomic mass is 16.5. The van der Waals surface area contributed by atoms with Crippen LogP contribution >= 0.6 is 0 Å². The lowest BCUT2D eigenvalue weighted by Gasteiger charge is -2.12. The summed E-state index contributed by atoms with van der Waals surface area (Å²) in [6.07, 6.45) is 1.56. The second-order valence-electron chi connectivity index (χ2n) is 5.22. The molecule has 0 atom stereocenters. The van der Waals surface area contributed by atoms with Gasteiger partial charge in [0.15, 0.2) is 0 Å². The summed E-state index contributed by atoms with van der Waals surface area (Å²) in [6, 6.07) is 7.35. The number of aromatic nitrogens is 2. The third-order valence-corrected chi connectivity index (χ3v) is 2.91. The van der Waals surface area contributed by atoms with Crippen molar-refractivity contribution in [2.45, 2.75) is 26.8 Å². The van der Waals surface area contributed by atoms with Gasteiger partial charge in [0, 0.05) is 12.2 Å². The summed E-state index contributed by atoms with van der Waals surface area (Å²) < 4.78 is 5.25. The molecule has 1 heterocycles. The molecule has 0 fully saturated rings. The Bertz CT molecular complexity index is 671. The molecule has 1 amide bonds. The van der Waals surface area contributed by atoms with E-state index in [9.17, 15) is 4.79 Å². The number of carbonyl (C=O) groups excluding carboxylic acids is 1. The van der Waals surface area contributed by atoms with E-state index in [4.69, 9.17) is 4.74 Å². The molecule has 0 saturated carbocycles. The molecule has 0 saturated heterocycles. The maximum absolute atomic E-state index is 12.3. The second kappa shape index (κ2) is 6.89. The third-order valence-electron chi connectivity index (χ3n) is 2.91. The van der Waals surface area contributed by atoms with Crippen molar-refractivity contribution in [2.24, 2.45) is 0 Å². The van der Waals surface area contributed by atoms with E-state index < -0.39 is 0 Å². The van der Waals surface area contributed by atoms with Gasteiger partial charge in [-0.05, 0) is 44.5 Å². The van der Waals surface area contributed by atoms with E-state index in [1.165, 1.54) is 0 Å². The van der Waals surface area contributed by atoms with Gasteiger partial charge >= 0.3 is 0 Å². The number of hydrogen-bond acceptors (Lipinski definition) is 5.